The van der Waals surface area contributed by atoms with Crippen LogP contribution in [0.1, 0.15) is 49.1 Å². The number of nitrogens with zero attached hydrogens (tertiary/aromatic N) is 6. The molecule has 9 nitrogen and oxygen atoms in total. The van der Waals surface area contributed by atoms with E-state index in [1.807, 2.05) is 24.0 Å². The minimum absolute atomic E-state index is 0.000571. The zero-order chi connectivity index (χ0) is 20.0. The van der Waals surface area contributed by atoms with Crippen LogP contribution < -0.4 is 4.90 Å². The maximum Gasteiger partial charge on any atom is 0.299 e. The van der Waals surface area contributed by atoms with Crippen LogP contribution in [0.4, 0.5) is 6.01 Å². The van der Waals surface area contributed by atoms with Crippen LogP contribution in [0.3, 0.4) is 0 Å². The van der Waals surface area contributed by atoms with Gasteiger partial charge in [0.05, 0.1) is 0 Å². The van der Waals surface area contributed by atoms with E-state index in [-0.39, 0.29) is 17.9 Å². The van der Waals surface area contributed by atoms with E-state index in [0.29, 0.717) is 29.0 Å². The summed E-state index contributed by atoms with van der Waals surface area (Å²) in [4.78, 5) is 30.5. The molecule has 0 spiro atoms. The Bertz CT molecular complexity index is 1040. The molecule has 0 saturated carbocycles. The molecule has 0 aromatic carbocycles. The lowest BCUT2D eigenvalue weighted by Gasteiger charge is -2.33. The number of oxazole rings is 1. The van der Waals surface area contributed by atoms with E-state index in [2.05, 4.69) is 25.0 Å². The molecule has 2 aliphatic heterocycles. The third-order valence-corrected chi connectivity index (χ3v) is 5.86. The van der Waals surface area contributed by atoms with Gasteiger partial charge in [0.25, 0.3) is 6.01 Å². The van der Waals surface area contributed by atoms with Gasteiger partial charge in [-0.3, -0.25) is 4.79 Å². The monoisotopic (exact) mass is 396 g/mol. The van der Waals surface area contributed by atoms with Crippen molar-refractivity contribution in [2.24, 2.45) is 5.92 Å². The van der Waals surface area contributed by atoms with Gasteiger partial charge in [-0.2, -0.15) is 9.97 Å². The van der Waals surface area contributed by atoms with Gasteiger partial charge in [0.1, 0.15) is 6.04 Å². The van der Waals surface area contributed by atoms with Gasteiger partial charge in [0.2, 0.25) is 17.4 Å². The van der Waals surface area contributed by atoms with Gasteiger partial charge in [-0.1, -0.05) is 5.16 Å². The number of anilines is 1. The summed E-state index contributed by atoms with van der Waals surface area (Å²) < 4.78 is 11.2. The average Bonchev–Trinajstić information content (AvgIpc) is 3.46. The van der Waals surface area contributed by atoms with Gasteiger partial charge >= 0.3 is 0 Å². The summed E-state index contributed by atoms with van der Waals surface area (Å²) in [5.41, 5.74) is 2.24. The van der Waals surface area contributed by atoms with Crippen molar-refractivity contribution in [2.45, 2.75) is 45.6 Å². The Hall–Kier alpha value is -2.97. The van der Waals surface area contributed by atoms with Crippen molar-refractivity contribution in [3.05, 3.63) is 29.5 Å². The maximum absolute atomic E-state index is 13.2. The zero-order valence-electron chi connectivity index (χ0n) is 16.7. The van der Waals surface area contributed by atoms with E-state index in [9.17, 15) is 4.79 Å². The largest absolute Gasteiger partial charge is 0.422 e. The zero-order valence-corrected chi connectivity index (χ0v) is 16.7. The molecule has 0 radical (unpaired) electrons. The highest BCUT2D eigenvalue weighted by molar-refractivity contribution is 5.80. The molecular formula is C20H24N6O3. The summed E-state index contributed by atoms with van der Waals surface area (Å²) >= 11 is 0. The fourth-order valence-electron chi connectivity index (χ4n) is 4.32. The summed E-state index contributed by atoms with van der Waals surface area (Å²) in [6.45, 7) is 5.96. The number of carbonyl (C=O) groups excluding carboxylic acids is 1. The predicted molar refractivity (Wildman–Crippen MR) is 104 cm³/mol. The van der Waals surface area contributed by atoms with Crippen molar-refractivity contribution in [3.8, 4) is 0 Å². The predicted octanol–water partition coefficient (Wildman–Crippen LogP) is 2.80. The number of carbonyl (C=O) groups is 1. The van der Waals surface area contributed by atoms with Crippen LogP contribution in [0.5, 0.6) is 0 Å². The van der Waals surface area contributed by atoms with Crippen molar-refractivity contribution < 1.29 is 13.7 Å². The first-order valence-corrected chi connectivity index (χ1v) is 10.2. The van der Waals surface area contributed by atoms with E-state index >= 15 is 0 Å². The van der Waals surface area contributed by atoms with E-state index in [0.717, 1.165) is 51.0 Å². The number of pyridine rings is 1. The number of hydrogen-bond acceptors (Lipinski definition) is 8. The number of hydrogen-bond donors (Lipinski definition) is 0. The second-order valence-corrected chi connectivity index (χ2v) is 7.90. The first kappa shape index (κ1) is 18.1. The van der Waals surface area contributed by atoms with Crippen LogP contribution in [0.15, 0.2) is 21.1 Å². The van der Waals surface area contributed by atoms with Gasteiger partial charge in [-0.25, -0.2) is 4.98 Å². The molecule has 152 valence electrons. The van der Waals surface area contributed by atoms with Gasteiger partial charge in [0, 0.05) is 31.2 Å². The minimum atomic E-state index is -0.0897. The van der Waals surface area contributed by atoms with Gasteiger partial charge in [0.15, 0.2) is 11.4 Å². The summed E-state index contributed by atoms with van der Waals surface area (Å²) in [5, 5.41) is 3.88. The van der Waals surface area contributed by atoms with Crippen LogP contribution in [-0.2, 0) is 4.79 Å². The average molecular weight is 396 g/mol. The topological polar surface area (TPSA) is 101 Å². The molecule has 2 saturated heterocycles. The first-order chi connectivity index (χ1) is 14.1. The SMILES string of the molecule is Cc1ccc2oc(N3CCC(C(=O)N4CCCC4c4nc(C)no4)CC3)nc2n1. The van der Waals surface area contributed by atoms with Crippen LogP contribution >= 0.6 is 0 Å². The first-order valence-electron chi connectivity index (χ1n) is 10.2. The van der Waals surface area contributed by atoms with Crippen LogP contribution in [0, 0.1) is 19.8 Å². The smallest absolute Gasteiger partial charge is 0.299 e. The van der Waals surface area contributed by atoms with Crippen molar-refractivity contribution in [1.82, 2.24) is 25.0 Å². The minimum Gasteiger partial charge on any atom is -0.422 e. The lowest BCUT2D eigenvalue weighted by atomic mass is 9.95. The molecule has 3 aromatic rings. The second-order valence-electron chi connectivity index (χ2n) is 7.90. The maximum atomic E-state index is 13.2. The van der Waals surface area contributed by atoms with E-state index < -0.39 is 0 Å². The molecule has 5 rings (SSSR count). The van der Waals surface area contributed by atoms with Crippen molar-refractivity contribution >= 4 is 23.2 Å². The van der Waals surface area contributed by atoms with Crippen LogP contribution in [0.2, 0.25) is 0 Å². The Kier molecular flexibility index (Phi) is 4.44. The molecular weight excluding hydrogens is 372 g/mol. The molecule has 0 bridgehead atoms. The molecule has 2 fully saturated rings. The summed E-state index contributed by atoms with van der Waals surface area (Å²) in [6.07, 6.45) is 3.39. The Balaban J connectivity index is 1.25. The Morgan fingerprint density at radius 2 is 1.90 bits per heavy atom. The number of piperidine rings is 1. The molecule has 9 heteroatoms. The number of rotatable bonds is 3. The third-order valence-electron chi connectivity index (χ3n) is 5.86. The molecule has 3 aromatic heterocycles. The molecule has 29 heavy (non-hydrogen) atoms. The lowest BCUT2D eigenvalue weighted by molar-refractivity contribution is -0.137. The molecule has 1 amide bonds. The van der Waals surface area contributed by atoms with Gasteiger partial charge in [-0.15, -0.1) is 0 Å². The van der Waals surface area contributed by atoms with Gasteiger partial charge in [-0.05, 0) is 51.7 Å². The third kappa shape index (κ3) is 3.34. The van der Waals surface area contributed by atoms with Crippen LogP contribution in [-0.4, -0.2) is 50.5 Å². The van der Waals surface area contributed by atoms with E-state index in [1.165, 1.54) is 0 Å². The fraction of sp³-hybridized carbons (Fsp3) is 0.550. The molecule has 2 aliphatic rings. The number of fused-ring (bicyclic) bond motifs is 1. The fourth-order valence-corrected chi connectivity index (χ4v) is 4.32. The van der Waals surface area contributed by atoms with Crippen LogP contribution in [0.25, 0.3) is 11.2 Å². The highest BCUT2D eigenvalue weighted by atomic mass is 16.5. The van der Waals surface area contributed by atoms with E-state index in [4.69, 9.17) is 8.94 Å². The number of likely N-dealkylation sites (tertiary alicyclic amines) is 1. The molecule has 5 heterocycles. The Labute approximate surface area is 168 Å². The summed E-state index contributed by atoms with van der Waals surface area (Å²) in [6, 6.07) is 4.31. The summed E-state index contributed by atoms with van der Waals surface area (Å²) in [5.74, 6) is 1.36. The van der Waals surface area contributed by atoms with Gasteiger partial charge < -0.3 is 18.7 Å². The summed E-state index contributed by atoms with van der Waals surface area (Å²) in [7, 11) is 0. The van der Waals surface area contributed by atoms with E-state index in [1.54, 1.807) is 6.92 Å². The number of aryl methyl sites for hydroxylation is 2. The normalized spacial score (nSPS) is 20.7. The van der Waals surface area contributed by atoms with Crippen molar-refractivity contribution in [2.75, 3.05) is 24.5 Å². The highest BCUT2D eigenvalue weighted by Gasteiger charge is 2.38. The Morgan fingerprint density at radius 3 is 2.66 bits per heavy atom. The lowest BCUT2D eigenvalue weighted by Crippen LogP contribution is -2.42. The van der Waals surface area contributed by atoms with Crippen molar-refractivity contribution in [1.29, 1.82) is 0 Å². The quantitative estimate of drug-likeness (QED) is 0.666. The molecule has 1 atom stereocenters. The number of aromatic nitrogens is 4. The second kappa shape index (κ2) is 7.13. The number of amides is 1. The highest BCUT2D eigenvalue weighted by Crippen LogP contribution is 2.34. The molecule has 0 N–H and O–H groups in total. The molecule has 1 unspecified atom stereocenters. The Morgan fingerprint density at radius 1 is 1.07 bits per heavy atom. The molecule has 0 aliphatic carbocycles. The van der Waals surface area contributed by atoms with Crippen molar-refractivity contribution in [3.63, 3.8) is 0 Å². The standard InChI is InChI=1S/C20H24N6O3/c1-12-5-6-16-17(21-12)23-20(28-16)25-10-7-14(8-11-25)19(27)26-9-3-4-15(26)18-22-13(2)24-29-18/h5-6,14-15H,3-4,7-11H2,1-2H3.